The number of amides is 1. The van der Waals surface area contributed by atoms with Gasteiger partial charge < -0.3 is 16.4 Å². The summed E-state index contributed by atoms with van der Waals surface area (Å²) in [4.78, 5) is 11.1. The van der Waals surface area contributed by atoms with Gasteiger partial charge in [-0.3, -0.25) is 4.79 Å². The number of nitrogens with two attached hydrogens (primary N) is 1. The number of para-hydroxylation sites is 1. The lowest BCUT2D eigenvalue weighted by Crippen LogP contribution is -2.39. The zero-order valence-electron chi connectivity index (χ0n) is 10.1. The quantitative estimate of drug-likeness (QED) is 0.724. The molecule has 0 saturated carbocycles. The van der Waals surface area contributed by atoms with E-state index in [-0.39, 0.29) is 11.9 Å². The van der Waals surface area contributed by atoms with Crippen LogP contribution in [0.3, 0.4) is 0 Å². The van der Waals surface area contributed by atoms with Crippen LogP contribution in [0.25, 0.3) is 0 Å². The topological polar surface area (TPSA) is 67.2 Å². The van der Waals surface area contributed by atoms with Crippen molar-refractivity contribution in [3.05, 3.63) is 42.6 Å². The van der Waals surface area contributed by atoms with Crippen LogP contribution in [0.1, 0.15) is 12.8 Å². The normalized spacial score (nSPS) is 18.8. The number of hydrogen-bond donors (Lipinski definition) is 3. The van der Waals surface area contributed by atoms with E-state index in [0.717, 1.165) is 17.8 Å². The zero-order valence-corrected chi connectivity index (χ0v) is 10.1. The van der Waals surface area contributed by atoms with Crippen LogP contribution >= 0.6 is 0 Å². The average molecular weight is 233 g/mol. The van der Waals surface area contributed by atoms with Gasteiger partial charge in [0.25, 0.3) is 0 Å². The van der Waals surface area contributed by atoms with E-state index >= 15 is 0 Å². The molecule has 0 aliphatic carbocycles. The highest BCUT2D eigenvalue weighted by atomic mass is 16.1. The predicted octanol–water partition coefficient (Wildman–Crippen LogP) is 1.47. The lowest BCUT2D eigenvalue weighted by atomic mass is 10.0. The minimum Gasteiger partial charge on any atom is -0.377 e. The Morgan fingerprint density at radius 2 is 2.00 bits per heavy atom. The second kappa shape index (κ2) is 6.70. The van der Waals surface area contributed by atoms with Crippen LogP contribution in [-0.4, -0.2) is 19.0 Å². The molecule has 1 aliphatic heterocycles. The summed E-state index contributed by atoms with van der Waals surface area (Å²) in [6.07, 6.45) is 1.36. The Morgan fingerprint density at radius 1 is 1.35 bits per heavy atom. The summed E-state index contributed by atoms with van der Waals surface area (Å²) in [7, 11) is 1.50. The molecule has 1 amide bonds. The molecule has 17 heavy (non-hydrogen) atoms. The van der Waals surface area contributed by atoms with Crippen LogP contribution in [-0.2, 0) is 4.79 Å². The number of rotatable bonds is 2. The standard InChI is InChI=1S/C12H14N2O.CH5N/c1-9-11(7-8-12(15)13-9)14-10-5-3-2-4-6-10;1-2/h2-6,11,14H,1,7-8H2,(H,13,15);2H2,1H3. The van der Waals surface area contributed by atoms with Crippen molar-refractivity contribution < 1.29 is 4.79 Å². The molecule has 1 aliphatic rings. The molecule has 1 aromatic rings. The van der Waals surface area contributed by atoms with Crippen LogP contribution in [0.2, 0.25) is 0 Å². The van der Waals surface area contributed by atoms with E-state index < -0.39 is 0 Å². The number of anilines is 1. The molecule has 0 bridgehead atoms. The fraction of sp³-hybridized carbons (Fsp3) is 0.308. The molecular weight excluding hydrogens is 214 g/mol. The van der Waals surface area contributed by atoms with Crippen LogP contribution in [0.4, 0.5) is 5.69 Å². The number of nitrogens with one attached hydrogen (secondary N) is 2. The average Bonchev–Trinajstić information content (AvgIpc) is 2.37. The first-order chi connectivity index (χ1) is 8.25. The van der Waals surface area contributed by atoms with Crippen LogP contribution in [0.15, 0.2) is 42.6 Å². The summed E-state index contributed by atoms with van der Waals surface area (Å²) in [5.74, 6) is 0.0612. The second-order valence-corrected chi connectivity index (χ2v) is 3.68. The number of carbonyl (C=O) groups is 1. The van der Waals surface area contributed by atoms with Crippen molar-refractivity contribution in [1.29, 1.82) is 0 Å². The highest BCUT2D eigenvalue weighted by molar-refractivity contribution is 5.79. The molecule has 0 aromatic heterocycles. The molecule has 4 N–H and O–H groups in total. The van der Waals surface area contributed by atoms with Crippen molar-refractivity contribution in [2.24, 2.45) is 5.73 Å². The fourth-order valence-corrected chi connectivity index (χ4v) is 1.67. The molecule has 4 heteroatoms. The summed E-state index contributed by atoms with van der Waals surface area (Å²) < 4.78 is 0. The van der Waals surface area contributed by atoms with E-state index in [9.17, 15) is 4.79 Å². The summed E-state index contributed by atoms with van der Waals surface area (Å²) in [5, 5.41) is 6.09. The highest BCUT2D eigenvalue weighted by Crippen LogP contribution is 2.17. The van der Waals surface area contributed by atoms with E-state index in [1.165, 1.54) is 7.05 Å². The van der Waals surface area contributed by atoms with E-state index in [1.54, 1.807) is 0 Å². The first-order valence-corrected chi connectivity index (χ1v) is 5.63. The maximum atomic E-state index is 11.1. The van der Waals surface area contributed by atoms with Crippen molar-refractivity contribution in [3.8, 4) is 0 Å². The molecule has 1 unspecified atom stereocenters. The summed E-state index contributed by atoms with van der Waals surface area (Å²) in [6, 6.07) is 10.1. The van der Waals surface area contributed by atoms with Crippen molar-refractivity contribution in [2.75, 3.05) is 12.4 Å². The molecule has 1 aromatic carbocycles. The van der Waals surface area contributed by atoms with E-state index in [4.69, 9.17) is 0 Å². The van der Waals surface area contributed by atoms with Gasteiger partial charge in [-0.05, 0) is 25.6 Å². The van der Waals surface area contributed by atoms with Crippen molar-refractivity contribution in [2.45, 2.75) is 18.9 Å². The zero-order chi connectivity index (χ0) is 12.7. The Labute approximate surface area is 102 Å². The van der Waals surface area contributed by atoms with Gasteiger partial charge in [0.1, 0.15) is 0 Å². The molecule has 2 rings (SSSR count). The van der Waals surface area contributed by atoms with E-state index in [1.807, 2.05) is 30.3 Å². The summed E-state index contributed by atoms with van der Waals surface area (Å²) >= 11 is 0. The van der Waals surface area contributed by atoms with Gasteiger partial charge in [-0.25, -0.2) is 0 Å². The van der Waals surface area contributed by atoms with Gasteiger partial charge in [-0.15, -0.1) is 0 Å². The van der Waals surface area contributed by atoms with Gasteiger partial charge in [0.15, 0.2) is 0 Å². The fourth-order valence-electron chi connectivity index (χ4n) is 1.67. The molecule has 1 atom stereocenters. The maximum Gasteiger partial charge on any atom is 0.224 e. The Hall–Kier alpha value is -1.81. The van der Waals surface area contributed by atoms with Crippen molar-refractivity contribution in [1.82, 2.24) is 5.32 Å². The monoisotopic (exact) mass is 233 g/mol. The van der Waals surface area contributed by atoms with E-state index in [2.05, 4.69) is 22.9 Å². The molecule has 92 valence electrons. The van der Waals surface area contributed by atoms with Gasteiger partial charge in [0.2, 0.25) is 5.91 Å². The first kappa shape index (κ1) is 13.3. The third-order valence-electron chi connectivity index (χ3n) is 2.50. The number of carbonyl (C=O) groups excluding carboxylic acids is 1. The van der Waals surface area contributed by atoms with Crippen LogP contribution in [0, 0.1) is 0 Å². The van der Waals surface area contributed by atoms with Gasteiger partial charge in [0.05, 0.1) is 6.04 Å². The summed E-state index contributed by atoms with van der Waals surface area (Å²) in [5.41, 5.74) is 6.31. The Balaban J connectivity index is 0.000000686. The van der Waals surface area contributed by atoms with Crippen molar-refractivity contribution >= 4 is 11.6 Å². The van der Waals surface area contributed by atoms with Gasteiger partial charge in [0, 0.05) is 17.8 Å². The predicted molar refractivity (Wildman–Crippen MR) is 70.5 cm³/mol. The molecule has 0 spiro atoms. The molecule has 1 saturated heterocycles. The number of benzene rings is 1. The SMILES string of the molecule is C=C1NC(=O)CCC1Nc1ccccc1.CN. The lowest BCUT2D eigenvalue weighted by molar-refractivity contribution is -0.121. The number of piperidine rings is 1. The molecule has 1 heterocycles. The molecule has 4 nitrogen and oxygen atoms in total. The first-order valence-electron chi connectivity index (χ1n) is 5.63. The Bertz CT molecular complexity index is 376. The van der Waals surface area contributed by atoms with Crippen LogP contribution < -0.4 is 16.4 Å². The highest BCUT2D eigenvalue weighted by Gasteiger charge is 2.21. The van der Waals surface area contributed by atoms with E-state index in [0.29, 0.717) is 6.42 Å². The smallest absolute Gasteiger partial charge is 0.224 e. The molecular formula is C13H19N3O. The Kier molecular flexibility index (Phi) is 5.23. The molecule has 0 radical (unpaired) electrons. The minimum atomic E-state index is 0.0612. The van der Waals surface area contributed by atoms with Gasteiger partial charge in [-0.1, -0.05) is 24.8 Å². The van der Waals surface area contributed by atoms with Crippen molar-refractivity contribution in [3.63, 3.8) is 0 Å². The number of hydrogen-bond acceptors (Lipinski definition) is 3. The minimum absolute atomic E-state index is 0.0612. The third kappa shape index (κ3) is 3.92. The van der Waals surface area contributed by atoms with Gasteiger partial charge in [-0.2, -0.15) is 0 Å². The third-order valence-corrected chi connectivity index (χ3v) is 2.50. The lowest BCUT2D eigenvalue weighted by Gasteiger charge is -2.26. The molecule has 1 fully saturated rings. The summed E-state index contributed by atoms with van der Waals surface area (Å²) in [6.45, 7) is 3.85. The second-order valence-electron chi connectivity index (χ2n) is 3.68. The Morgan fingerprint density at radius 3 is 2.59 bits per heavy atom. The largest absolute Gasteiger partial charge is 0.377 e. The van der Waals surface area contributed by atoms with Crippen LogP contribution in [0.5, 0.6) is 0 Å². The van der Waals surface area contributed by atoms with Gasteiger partial charge >= 0.3 is 0 Å². The maximum absolute atomic E-state index is 11.1.